The summed E-state index contributed by atoms with van der Waals surface area (Å²) in [6, 6.07) is -0.126. The van der Waals surface area contributed by atoms with Crippen molar-refractivity contribution in [2.24, 2.45) is 11.7 Å². The lowest BCUT2D eigenvalue weighted by molar-refractivity contribution is -0.176. The summed E-state index contributed by atoms with van der Waals surface area (Å²) in [6.07, 6.45) is 8.82. The van der Waals surface area contributed by atoms with Crippen LogP contribution in [-0.2, 0) is 47.5 Å². The number of nitrogens with one attached hydrogen (secondary N) is 1. The SMILES string of the molecule is CC(=O)O[C@@H](C)/C=C\C(=O)N[C@@H]1C[C@H](C)[C@H](C/C=C(C)/C=C/[C@H]2OC(C)(C)CC(=O)[C@@H]2OCCOCCOCCOCCN)O[C@@H]1C. The van der Waals surface area contributed by atoms with E-state index in [0.29, 0.717) is 52.6 Å². The van der Waals surface area contributed by atoms with Crippen LogP contribution in [0.1, 0.15) is 67.7 Å². The van der Waals surface area contributed by atoms with Gasteiger partial charge in [-0.05, 0) is 59.5 Å². The minimum atomic E-state index is -0.707. The monoisotopic (exact) mass is 666 g/mol. The molecule has 0 aromatic heterocycles. The number of esters is 1. The predicted molar refractivity (Wildman–Crippen MR) is 178 cm³/mol. The number of rotatable bonds is 20. The van der Waals surface area contributed by atoms with Gasteiger partial charge >= 0.3 is 5.97 Å². The average Bonchev–Trinajstić information content (AvgIpc) is 2.98. The molecule has 0 radical (unpaired) electrons. The van der Waals surface area contributed by atoms with Gasteiger partial charge in [0.1, 0.15) is 18.3 Å². The lowest BCUT2D eigenvalue weighted by atomic mass is 9.88. The first-order chi connectivity index (χ1) is 22.3. The van der Waals surface area contributed by atoms with Crippen LogP contribution < -0.4 is 11.1 Å². The Labute approximate surface area is 280 Å². The third-order valence-electron chi connectivity index (χ3n) is 7.84. The smallest absolute Gasteiger partial charge is 0.303 e. The highest BCUT2D eigenvalue weighted by molar-refractivity contribution is 5.88. The van der Waals surface area contributed by atoms with Crippen LogP contribution in [-0.4, -0.2) is 113 Å². The van der Waals surface area contributed by atoms with Crippen LogP contribution in [0.2, 0.25) is 0 Å². The summed E-state index contributed by atoms with van der Waals surface area (Å²) < 4.78 is 39.8. The second-order valence-corrected chi connectivity index (χ2v) is 12.8. The van der Waals surface area contributed by atoms with E-state index < -0.39 is 29.9 Å². The molecule has 0 aromatic rings. The molecule has 0 bridgehead atoms. The molecule has 2 aliphatic heterocycles. The highest BCUT2D eigenvalue weighted by atomic mass is 16.6. The van der Waals surface area contributed by atoms with Crippen LogP contribution in [0.4, 0.5) is 0 Å². The Morgan fingerprint density at radius 2 is 1.66 bits per heavy atom. The molecule has 2 rings (SSSR count). The number of Topliss-reactive ketones (excluding diaryl/α,β-unsaturated/α-hetero) is 1. The van der Waals surface area contributed by atoms with Crippen molar-refractivity contribution in [2.45, 2.75) is 110 Å². The van der Waals surface area contributed by atoms with E-state index in [-0.39, 0.29) is 48.9 Å². The molecule has 12 nitrogen and oxygen atoms in total. The van der Waals surface area contributed by atoms with Gasteiger partial charge in [0.15, 0.2) is 5.78 Å². The topological polar surface area (TPSA) is 154 Å². The van der Waals surface area contributed by atoms with E-state index in [1.165, 1.54) is 13.0 Å². The van der Waals surface area contributed by atoms with Crippen LogP contribution in [0.25, 0.3) is 0 Å². The Bertz CT molecular complexity index is 1060. The van der Waals surface area contributed by atoms with Crippen molar-refractivity contribution >= 4 is 17.7 Å². The molecule has 0 spiro atoms. The molecule has 0 saturated carbocycles. The van der Waals surface area contributed by atoms with Crippen LogP contribution in [0, 0.1) is 5.92 Å². The van der Waals surface area contributed by atoms with Gasteiger partial charge in [-0.3, -0.25) is 14.4 Å². The maximum absolute atomic E-state index is 13.0. The predicted octanol–water partition coefficient (Wildman–Crippen LogP) is 3.22. The highest BCUT2D eigenvalue weighted by Crippen LogP contribution is 2.30. The highest BCUT2D eigenvalue weighted by Gasteiger charge is 2.41. The number of carbonyl (C=O) groups is 3. The second kappa shape index (κ2) is 21.5. The number of hydrogen-bond donors (Lipinski definition) is 2. The first-order valence-corrected chi connectivity index (χ1v) is 16.7. The van der Waals surface area contributed by atoms with Gasteiger partial charge in [-0.1, -0.05) is 30.7 Å². The first-order valence-electron chi connectivity index (χ1n) is 16.7. The molecular weight excluding hydrogens is 608 g/mol. The molecule has 2 heterocycles. The van der Waals surface area contributed by atoms with Gasteiger partial charge < -0.3 is 44.2 Å². The average molecular weight is 667 g/mol. The van der Waals surface area contributed by atoms with Crippen molar-refractivity contribution in [1.82, 2.24) is 5.32 Å². The summed E-state index contributed by atoms with van der Waals surface area (Å²) in [4.78, 5) is 36.5. The van der Waals surface area contributed by atoms with E-state index in [1.807, 2.05) is 39.8 Å². The summed E-state index contributed by atoms with van der Waals surface area (Å²) in [6.45, 7) is 16.4. The summed E-state index contributed by atoms with van der Waals surface area (Å²) in [5.74, 6) is -0.417. The second-order valence-electron chi connectivity index (χ2n) is 12.8. The zero-order valence-electron chi connectivity index (χ0n) is 29.4. The van der Waals surface area contributed by atoms with E-state index in [2.05, 4.69) is 18.3 Å². The fourth-order valence-corrected chi connectivity index (χ4v) is 5.45. The minimum absolute atomic E-state index is 0.00144. The summed E-state index contributed by atoms with van der Waals surface area (Å²) >= 11 is 0. The maximum Gasteiger partial charge on any atom is 0.303 e. The van der Waals surface area contributed by atoms with Crippen LogP contribution in [0.5, 0.6) is 0 Å². The van der Waals surface area contributed by atoms with Crippen molar-refractivity contribution in [3.63, 3.8) is 0 Å². The zero-order chi connectivity index (χ0) is 34.8. The molecule has 7 atom stereocenters. The van der Waals surface area contributed by atoms with Gasteiger partial charge in [0.2, 0.25) is 5.91 Å². The molecule has 2 aliphatic rings. The van der Waals surface area contributed by atoms with Crippen molar-refractivity contribution in [3.05, 3.63) is 36.0 Å². The zero-order valence-corrected chi connectivity index (χ0v) is 29.4. The number of allylic oxidation sites excluding steroid dienone is 2. The number of ether oxygens (including phenoxy) is 7. The molecule has 47 heavy (non-hydrogen) atoms. The van der Waals surface area contributed by atoms with Gasteiger partial charge in [-0.15, -0.1) is 0 Å². The Balaban J connectivity index is 1.82. The largest absolute Gasteiger partial charge is 0.459 e. The Morgan fingerprint density at radius 1 is 1.02 bits per heavy atom. The van der Waals surface area contributed by atoms with E-state index >= 15 is 0 Å². The standard InChI is InChI=1S/C35H58N2O10/c1-24(8-11-31-25(2)22-29(27(4)46-31)37-33(40)13-10-26(3)45-28(5)38)9-12-32-34(30(39)23-35(6,7)47-32)44-21-20-43-19-18-42-17-16-41-15-14-36/h8-10,12-13,25-27,29,31-32,34H,11,14-23,36H2,1-7H3,(H,37,40)/b12-9+,13-10-,24-8+/t25-,26-,27+,29+,31-,32+,34-/m0/s1. The quantitative estimate of drug-likeness (QED) is 0.0852. The van der Waals surface area contributed by atoms with Crippen LogP contribution in [0.15, 0.2) is 36.0 Å². The molecule has 0 aromatic carbocycles. The van der Waals surface area contributed by atoms with Crippen molar-refractivity contribution in [3.8, 4) is 0 Å². The molecule has 0 aliphatic carbocycles. The molecule has 3 N–H and O–H groups in total. The number of carbonyl (C=O) groups excluding carboxylic acids is 3. The number of amides is 1. The summed E-state index contributed by atoms with van der Waals surface area (Å²) in [5.41, 5.74) is 5.81. The molecule has 0 unspecified atom stereocenters. The lowest BCUT2D eigenvalue weighted by Crippen LogP contribution is -2.50. The number of hydrogen-bond acceptors (Lipinski definition) is 11. The molecule has 2 fully saturated rings. The molecule has 268 valence electrons. The third kappa shape index (κ3) is 16.5. The van der Waals surface area contributed by atoms with Crippen molar-refractivity contribution in [1.29, 1.82) is 0 Å². The van der Waals surface area contributed by atoms with Gasteiger partial charge in [0, 0.05) is 26.0 Å². The van der Waals surface area contributed by atoms with E-state index in [9.17, 15) is 14.4 Å². The maximum atomic E-state index is 13.0. The molecule has 1 amide bonds. The van der Waals surface area contributed by atoms with E-state index in [1.54, 1.807) is 13.0 Å². The van der Waals surface area contributed by atoms with Crippen molar-refractivity contribution < 1.29 is 47.5 Å². The molecular formula is C35H58N2O10. The number of nitrogens with two attached hydrogens (primary N) is 1. The first kappa shape index (κ1) is 40.7. The Kier molecular flexibility index (Phi) is 18.6. The van der Waals surface area contributed by atoms with E-state index in [4.69, 9.17) is 38.9 Å². The van der Waals surface area contributed by atoms with Crippen molar-refractivity contribution in [2.75, 3.05) is 52.8 Å². The van der Waals surface area contributed by atoms with Gasteiger partial charge in [-0.2, -0.15) is 0 Å². The van der Waals surface area contributed by atoms with Gasteiger partial charge in [0.25, 0.3) is 0 Å². The lowest BCUT2D eigenvalue weighted by Gasteiger charge is -2.39. The fraction of sp³-hybridized carbons (Fsp3) is 0.743. The summed E-state index contributed by atoms with van der Waals surface area (Å²) in [7, 11) is 0. The fourth-order valence-electron chi connectivity index (χ4n) is 5.45. The normalized spacial score (nSPS) is 27.3. The van der Waals surface area contributed by atoms with Crippen LogP contribution >= 0.6 is 0 Å². The van der Waals surface area contributed by atoms with E-state index in [0.717, 1.165) is 12.0 Å². The third-order valence-corrected chi connectivity index (χ3v) is 7.84. The molecule has 12 heteroatoms. The number of ketones is 1. The molecule has 2 saturated heterocycles. The summed E-state index contributed by atoms with van der Waals surface area (Å²) in [5, 5.41) is 3.01. The van der Waals surface area contributed by atoms with Gasteiger partial charge in [0.05, 0.1) is 70.1 Å². The Hall–Kier alpha value is -2.45. The Morgan fingerprint density at radius 3 is 2.30 bits per heavy atom. The minimum Gasteiger partial charge on any atom is -0.459 e. The van der Waals surface area contributed by atoms with Gasteiger partial charge in [-0.25, -0.2) is 0 Å². The van der Waals surface area contributed by atoms with Crippen LogP contribution in [0.3, 0.4) is 0 Å².